The highest BCUT2D eigenvalue weighted by molar-refractivity contribution is 7.80. The summed E-state index contributed by atoms with van der Waals surface area (Å²) >= 11 is 4.83. The van der Waals surface area contributed by atoms with Crippen molar-refractivity contribution in [2.75, 3.05) is 0 Å². The van der Waals surface area contributed by atoms with E-state index in [1.165, 1.54) is 23.4 Å². The van der Waals surface area contributed by atoms with Crippen LogP contribution in [-0.2, 0) is 6.54 Å². The lowest BCUT2D eigenvalue weighted by atomic mass is 10.1. The van der Waals surface area contributed by atoms with Gasteiger partial charge in [-0.15, -0.1) is 0 Å². The summed E-state index contributed by atoms with van der Waals surface area (Å²) in [4.78, 5) is 4.03. The lowest BCUT2D eigenvalue weighted by Crippen LogP contribution is -2.11. The van der Waals surface area contributed by atoms with Crippen molar-refractivity contribution < 1.29 is 4.39 Å². The Kier molecular flexibility index (Phi) is 2.91. The average Bonchev–Trinajstić information content (AvgIpc) is 2.73. The van der Waals surface area contributed by atoms with Crippen LogP contribution in [0.15, 0.2) is 30.9 Å². The summed E-state index contributed by atoms with van der Waals surface area (Å²) < 4.78 is 15.0. The van der Waals surface area contributed by atoms with Gasteiger partial charge in [0, 0.05) is 11.1 Å². The molecule has 1 aromatic carbocycles. The van der Waals surface area contributed by atoms with E-state index >= 15 is 0 Å². The number of rotatable bonds is 3. The van der Waals surface area contributed by atoms with E-state index in [0.29, 0.717) is 17.7 Å². The van der Waals surface area contributed by atoms with E-state index in [1.807, 2.05) is 0 Å². The molecule has 0 aliphatic carbocycles. The maximum Gasteiger partial charge on any atom is 0.137 e. The Morgan fingerprint density at radius 3 is 2.94 bits per heavy atom. The molecule has 82 valence electrons. The van der Waals surface area contributed by atoms with Crippen molar-refractivity contribution in [1.82, 2.24) is 14.8 Å². The maximum absolute atomic E-state index is 13.5. The SMILES string of the molecule is NC(=S)c1ccc(F)c(Cn2cncn2)c1. The van der Waals surface area contributed by atoms with Crippen molar-refractivity contribution in [1.29, 1.82) is 0 Å². The van der Waals surface area contributed by atoms with Crippen LogP contribution in [0.3, 0.4) is 0 Å². The Morgan fingerprint density at radius 2 is 2.31 bits per heavy atom. The zero-order valence-electron chi connectivity index (χ0n) is 8.30. The first-order valence-electron chi connectivity index (χ1n) is 4.57. The number of hydrogen-bond acceptors (Lipinski definition) is 3. The second kappa shape index (κ2) is 4.36. The largest absolute Gasteiger partial charge is 0.389 e. The zero-order chi connectivity index (χ0) is 11.5. The fourth-order valence-corrected chi connectivity index (χ4v) is 1.47. The normalized spacial score (nSPS) is 10.3. The number of nitrogens with zero attached hydrogens (tertiary/aromatic N) is 3. The van der Waals surface area contributed by atoms with Gasteiger partial charge in [-0.05, 0) is 18.2 Å². The molecule has 0 radical (unpaired) electrons. The number of thiocarbonyl (C=S) groups is 1. The zero-order valence-corrected chi connectivity index (χ0v) is 9.12. The minimum absolute atomic E-state index is 0.250. The van der Waals surface area contributed by atoms with Crippen molar-refractivity contribution in [2.45, 2.75) is 6.54 Å². The molecule has 0 atom stereocenters. The molecule has 0 bridgehead atoms. The first-order chi connectivity index (χ1) is 7.66. The van der Waals surface area contributed by atoms with Crippen molar-refractivity contribution >= 4 is 17.2 Å². The number of aromatic nitrogens is 3. The molecule has 16 heavy (non-hydrogen) atoms. The molecule has 2 aromatic rings. The van der Waals surface area contributed by atoms with Crippen LogP contribution >= 0.6 is 12.2 Å². The molecule has 0 amide bonds. The highest BCUT2D eigenvalue weighted by Gasteiger charge is 2.06. The van der Waals surface area contributed by atoms with E-state index < -0.39 is 0 Å². The quantitative estimate of drug-likeness (QED) is 0.811. The van der Waals surface area contributed by atoms with Crippen LogP contribution in [0.4, 0.5) is 4.39 Å². The first kappa shape index (κ1) is 10.7. The third-order valence-electron chi connectivity index (χ3n) is 2.13. The Balaban J connectivity index is 2.32. The average molecular weight is 236 g/mol. The molecule has 0 aliphatic rings. The van der Waals surface area contributed by atoms with Gasteiger partial charge in [0.25, 0.3) is 0 Å². The number of benzene rings is 1. The monoisotopic (exact) mass is 236 g/mol. The van der Waals surface area contributed by atoms with E-state index in [2.05, 4.69) is 10.1 Å². The summed E-state index contributed by atoms with van der Waals surface area (Å²) in [5, 5.41) is 3.90. The summed E-state index contributed by atoms with van der Waals surface area (Å²) in [5.41, 5.74) is 6.61. The second-order valence-corrected chi connectivity index (χ2v) is 3.70. The van der Waals surface area contributed by atoms with E-state index in [9.17, 15) is 4.39 Å². The van der Waals surface area contributed by atoms with Gasteiger partial charge in [0.05, 0.1) is 6.54 Å². The van der Waals surface area contributed by atoms with Gasteiger partial charge in [-0.3, -0.25) is 0 Å². The molecule has 0 spiro atoms. The van der Waals surface area contributed by atoms with E-state index in [4.69, 9.17) is 18.0 Å². The predicted octanol–water partition coefficient (Wildman–Crippen LogP) is 1.10. The van der Waals surface area contributed by atoms with E-state index in [-0.39, 0.29) is 10.8 Å². The molecule has 0 aliphatic heterocycles. The fraction of sp³-hybridized carbons (Fsp3) is 0.100. The Labute approximate surface area is 96.9 Å². The molecule has 4 nitrogen and oxygen atoms in total. The van der Waals surface area contributed by atoms with Gasteiger partial charge in [0.2, 0.25) is 0 Å². The molecule has 0 saturated heterocycles. The van der Waals surface area contributed by atoms with Gasteiger partial charge >= 0.3 is 0 Å². The third kappa shape index (κ3) is 2.22. The van der Waals surface area contributed by atoms with Crippen molar-refractivity contribution in [3.63, 3.8) is 0 Å². The molecule has 2 N–H and O–H groups in total. The standard InChI is InChI=1S/C10H9FN4S/c11-9-2-1-7(10(12)16)3-8(9)4-15-6-13-5-14-15/h1-3,5-6H,4H2,(H2,12,16). The smallest absolute Gasteiger partial charge is 0.137 e. The Morgan fingerprint density at radius 1 is 1.50 bits per heavy atom. The summed E-state index contributed by atoms with van der Waals surface area (Å²) in [6.07, 6.45) is 2.92. The topological polar surface area (TPSA) is 56.7 Å². The second-order valence-electron chi connectivity index (χ2n) is 3.26. The van der Waals surface area contributed by atoms with Crippen LogP contribution < -0.4 is 5.73 Å². The number of nitrogens with two attached hydrogens (primary N) is 1. The minimum Gasteiger partial charge on any atom is -0.389 e. The van der Waals surface area contributed by atoms with Crippen LogP contribution in [0.2, 0.25) is 0 Å². The molecule has 6 heteroatoms. The van der Waals surface area contributed by atoms with Gasteiger partial charge in [0.15, 0.2) is 0 Å². The highest BCUT2D eigenvalue weighted by Crippen LogP contribution is 2.11. The minimum atomic E-state index is -0.310. The molecule has 0 saturated carbocycles. The Bertz CT molecular complexity index is 510. The van der Waals surface area contributed by atoms with Gasteiger partial charge in [-0.25, -0.2) is 14.1 Å². The first-order valence-corrected chi connectivity index (χ1v) is 4.98. The van der Waals surface area contributed by atoms with Crippen LogP contribution in [0.5, 0.6) is 0 Å². The molecular weight excluding hydrogens is 227 g/mol. The van der Waals surface area contributed by atoms with E-state index in [0.717, 1.165) is 0 Å². The van der Waals surface area contributed by atoms with Crippen LogP contribution in [0, 0.1) is 5.82 Å². The van der Waals surface area contributed by atoms with Gasteiger partial charge < -0.3 is 5.73 Å². The van der Waals surface area contributed by atoms with Gasteiger partial charge in [0.1, 0.15) is 23.5 Å². The lowest BCUT2D eigenvalue weighted by Gasteiger charge is -2.05. The predicted molar refractivity (Wildman–Crippen MR) is 61.4 cm³/mol. The molecule has 0 fully saturated rings. The highest BCUT2D eigenvalue weighted by atomic mass is 32.1. The molecule has 2 rings (SSSR count). The lowest BCUT2D eigenvalue weighted by molar-refractivity contribution is 0.584. The number of halogens is 1. The maximum atomic E-state index is 13.5. The molecule has 1 aromatic heterocycles. The van der Waals surface area contributed by atoms with Crippen molar-refractivity contribution in [2.24, 2.45) is 5.73 Å². The van der Waals surface area contributed by atoms with Crippen LogP contribution in [0.25, 0.3) is 0 Å². The van der Waals surface area contributed by atoms with Crippen molar-refractivity contribution in [3.05, 3.63) is 47.8 Å². The van der Waals surface area contributed by atoms with Gasteiger partial charge in [-0.1, -0.05) is 12.2 Å². The van der Waals surface area contributed by atoms with Gasteiger partial charge in [-0.2, -0.15) is 5.10 Å². The molecule has 1 heterocycles. The third-order valence-corrected chi connectivity index (χ3v) is 2.36. The molecular formula is C10H9FN4S. The Hall–Kier alpha value is -1.82. The summed E-state index contributed by atoms with van der Waals surface area (Å²) in [5.74, 6) is -0.310. The summed E-state index contributed by atoms with van der Waals surface area (Å²) in [6, 6.07) is 4.53. The number of hydrogen-bond donors (Lipinski definition) is 1. The van der Waals surface area contributed by atoms with Crippen LogP contribution in [0.1, 0.15) is 11.1 Å². The van der Waals surface area contributed by atoms with Crippen LogP contribution in [-0.4, -0.2) is 19.8 Å². The summed E-state index contributed by atoms with van der Waals surface area (Å²) in [7, 11) is 0. The molecule has 0 unspecified atom stereocenters. The summed E-state index contributed by atoms with van der Waals surface area (Å²) in [6.45, 7) is 0.308. The van der Waals surface area contributed by atoms with Crippen molar-refractivity contribution in [3.8, 4) is 0 Å². The fourth-order valence-electron chi connectivity index (χ4n) is 1.34. The van der Waals surface area contributed by atoms with E-state index in [1.54, 1.807) is 12.1 Å².